The Morgan fingerprint density at radius 2 is 1.92 bits per heavy atom. The summed E-state index contributed by atoms with van der Waals surface area (Å²) >= 11 is 0. The van der Waals surface area contributed by atoms with E-state index in [1.807, 2.05) is 13.8 Å². The first kappa shape index (κ1) is 11.9. The molecule has 3 nitrogen and oxygen atoms in total. The van der Waals surface area contributed by atoms with Gasteiger partial charge < -0.3 is 0 Å². The van der Waals surface area contributed by atoms with Gasteiger partial charge >= 0.3 is 0 Å². The van der Waals surface area contributed by atoms with Gasteiger partial charge in [-0.05, 0) is 20.4 Å². The molecule has 0 aliphatic heterocycles. The molecular formula is C10H17N3. The van der Waals surface area contributed by atoms with Gasteiger partial charge in [-0.15, -0.1) is 0 Å². The van der Waals surface area contributed by atoms with Crippen molar-refractivity contribution in [2.24, 2.45) is 5.92 Å². The Bertz CT molecular complexity index is 211. The minimum absolute atomic E-state index is 0.0427. The molecule has 0 heterocycles. The quantitative estimate of drug-likeness (QED) is 0.646. The highest BCUT2D eigenvalue weighted by Gasteiger charge is 2.13. The molecule has 0 aliphatic carbocycles. The lowest BCUT2D eigenvalue weighted by Gasteiger charge is -2.26. The van der Waals surface area contributed by atoms with Crippen LogP contribution < -0.4 is 0 Å². The van der Waals surface area contributed by atoms with E-state index in [2.05, 4.69) is 24.0 Å². The summed E-state index contributed by atoms with van der Waals surface area (Å²) in [4.78, 5) is 2.16. The maximum Gasteiger partial charge on any atom is 0.0666 e. The minimum atomic E-state index is 0.0427. The highest BCUT2D eigenvalue weighted by atomic mass is 15.1. The average molecular weight is 179 g/mol. The summed E-state index contributed by atoms with van der Waals surface area (Å²) in [6.07, 6.45) is 0.534. The summed E-state index contributed by atoms with van der Waals surface area (Å²) < 4.78 is 0. The number of rotatable bonds is 5. The Hall–Kier alpha value is -1.06. The zero-order chi connectivity index (χ0) is 10.3. The molecular weight excluding hydrogens is 162 g/mol. The molecule has 0 aromatic heterocycles. The SMILES string of the molecule is CCN(CC(C)C#N)C(C)CC#N. The maximum atomic E-state index is 8.65. The molecule has 72 valence electrons. The standard InChI is InChI=1S/C10H17N3/c1-4-13(8-9(2)7-12)10(3)5-6-11/h9-10H,4-5,8H2,1-3H3. The molecule has 0 radical (unpaired) electrons. The number of nitrogens with zero attached hydrogens (tertiary/aromatic N) is 3. The molecule has 0 amide bonds. The van der Waals surface area contributed by atoms with Crippen LogP contribution >= 0.6 is 0 Å². The van der Waals surface area contributed by atoms with Crippen LogP contribution in [0.2, 0.25) is 0 Å². The summed E-state index contributed by atoms with van der Waals surface area (Å²) in [7, 11) is 0. The second-order valence-corrected chi connectivity index (χ2v) is 3.33. The van der Waals surface area contributed by atoms with Crippen LogP contribution in [0.5, 0.6) is 0 Å². The largest absolute Gasteiger partial charge is 0.299 e. The van der Waals surface area contributed by atoms with Crippen LogP contribution in [0.3, 0.4) is 0 Å². The number of nitriles is 2. The fourth-order valence-corrected chi connectivity index (χ4v) is 1.27. The average Bonchev–Trinajstić information content (AvgIpc) is 2.14. The topological polar surface area (TPSA) is 50.8 Å². The predicted octanol–water partition coefficient (Wildman–Crippen LogP) is 1.77. The van der Waals surface area contributed by atoms with E-state index in [4.69, 9.17) is 10.5 Å². The molecule has 0 fully saturated rings. The summed E-state index contributed by atoms with van der Waals surface area (Å²) in [6.45, 7) is 7.64. The highest BCUT2D eigenvalue weighted by molar-refractivity contribution is 4.85. The molecule has 0 aliphatic rings. The highest BCUT2D eigenvalue weighted by Crippen LogP contribution is 2.06. The molecule has 0 aromatic rings. The van der Waals surface area contributed by atoms with E-state index in [1.165, 1.54) is 0 Å². The van der Waals surface area contributed by atoms with Crippen LogP contribution in [-0.4, -0.2) is 24.0 Å². The Balaban J connectivity index is 4.04. The van der Waals surface area contributed by atoms with E-state index in [0.717, 1.165) is 13.1 Å². The van der Waals surface area contributed by atoms with Crippen LogP contribution in [0.1, 0.15) is 27.2 Å². The van der Waals surface area contributed by atoms with E-state index in [-0.39, 0.29) is 12.0 Å². The summed E-state index contributed by atoms with van der Waals surface area (Å²) in [5.41, 5.74) is 0. The van der Waals surface area contributed by atoms with Crippen LogP contribution in [-0.2, 0) is 0 Å². The monoisotopic (exact) mass is 179 g/mol. The van der Waals surface area contributed by atoms with Crippen molar-refractivity contribution >= 4 is 0 Å². The normalized spacial score (nSPS) is 14.6. The number of hydrogen-bond acceptors (Lipinski definition) is 3. The molecule has 0 aromatic carbocycles. The Morgan fingerprint density at radius 1 is 1.31 bits per heavy atom. The second-order valence-electron chi connectivity index (χ2n) is 3.33. The second kappa shape index (κ2) is 6.46. The van der Waals surface area contributed by atoms with E-state index >= 15 is 0 Å². The Kier molecular flexibility index (Phi) is 5.93. The van der Waals surface area contributed by atoms with Gasteiger partial charge in [0.05, 0.1) is 24.5 Å². The van der Waals surface area contributed by atoms with Crippen molar-refractivity contribution < 1.29 is 0 Å². The summed E-state index contributed by atoms with van der Waals surface area (Å²) in [6, 6.07) is 4.61. The van der Waals surface area contributed by atoms with Crippen LogP contribution in [0.15, 0.2) is 0 Å². The van der Waals surface area contributed by atoms with Gasteiger partial charge in [0.2, 0.25) is 0 Å². The molecule has 2 unspecified atom stereocenters. The third kappa shape index (κ3) is 4.50. The van der Waals surface area contributed by atoms with Crippen molar-refractivity contribution in [1.29, 1.82) is 10.5 Å². The smallest absolute Gasteiger partial charge is 0.0666 e. The van der Waals surface area contributed by atoms with Crippen molar-refractivity contribution in [3.8, 4) is 12.1 Å². The van der Waals surface area contributed by atoms with Crippen molar-refractivity contribution in [1.82, 2.24) is 4.90 Å². The van der Waals surface area contributed by atoms with Crippen molar-refractivity contribution in [3.63, 3.8) is 0 Å². The van der Waals surface area contributed by atoms with Gasteiger partial charge in [0, 0.05) is 12.6 Å². The first-order valence-corrected chi connectivity index (χ1v) is 4.66. The minimum Gasteiger partial charge on any atom is -0.299 e. The summed E-state index contributed by atoms with van der Waals surface area (Å²) in [5, 5.41) is 17.2. The lowest BCUT2D eigenvalue weighted by Crippen LogP contribution is -2.35. The molecule has 0 spiro atoms. The van der Waals surface area contributed by atoms with Gasteiger partial charge in [-0.25, -0.2) is 0 Å². The van der Waals surface area contributed by atoms with Gasteiger partial charge in [0.15, 0.2) is 0 Å². The maximum absolute atomic E-state index is 8.65. The Labute approximate surface area is 80.6 Å². The molecule has 0 rings (SSSR count). The molecule has 2 atom stereocenters. The van der Waals surface area contributed by atoms with Crippen molar-refractivity contribution in [2.75, 3.05) is 13.1 Å². The molecule has 0 N–H and O–H groups in total. The lowest BCUT2D eigenvalue weighted by atomic mass is 10.1. The van der Waals surface area contributed by atoms with Crippen LogP contribution in [0.4, 0.5) is 0 Å². The fourth-order valence-electron chi connectivity index (χ4n) is 1.27. The molecule has 0 saturated carbocycles. The van der Waals surface area contributed by atoms with Crippen LogP contribution in [0, 0.1) is 28.6 Å². The zero-order valence-electron chi connectivity index (χ0n) is 8.62. The Morgan fingerprint density at radius 3 is 2.31 bits per heavy atom. The summed E-state index contributed by atoms with van der Waals surface area (Å²) in [5.74, 6) is 0.0427. The molecule has 0 bridgehead atoms. The van der Waals surface area contributed by atoms with Crippen molar-refractivity contribution in [3.05, 3.63) is 0 Å². The molecule has 0 saturated heterocycles. The van der Waals surface area contributed by atoms with E-state index < -0.39 is 0 Å². The van der Waals surface area contributed by atoms with E-state index in [1.54, 1.807) is 0 Å². The predicted molar refractivity (Wildman–Crippen MR) is 51.7 cm³/mol. The first-order valence-electron chi connectivity index (χ1n) is 4.66. The van der Waals surface area contributed by atoms with Gasteiger partial charge in [0.1, 0.15) is 0 Å². The molecule has 3 heteroatoms. The molecule has 13 heavy (non-hydrogen) atoms. The van der Waals surface area contributed by atoms with Gasteiger partial charge in [-0.1, -0.05) is 6.92 Å². The number of hydrogen-bond donors (Lipinski definition) is 0. The fraction of sp³-hybridized carbons (Fsp3) is 0.800. The van der Waals surface area contributed by atoms with Gasteiger partial charge in [-0.3, -0.25) is 4.90 Å². The van der Waals surface area contributed by atoms with E-state index in [9.17, 15) is 0 Å². The first-order chi connectivity index (χ1) is 6.15. The lowest BCUT2D eigenvalue weighted by molar-refractivity contribution is 0.207. The van der Waals surface area contributed by atoms with Gasteiger partial charge in [0.25, 0.3) is 0 Å². The van der Waals surface area contributed by atoms with Gasteiger partial charge in [-0.2, -0.15) is 10.5 Å². The van der Waals surface area contributed by atoms with Crippen LogP contribution in [0.25, 0.3) is 0 Å². The van der Waals surface area contributed by atoms with E-state index in [0.29, 0.717) is 6.42 Å². The third-order valence-corrected chi connectivity index (χ3v) is 2.14. The van der Waals surface area contributed by atoms with Crippen molar-refractivity contribution in [2.45, 2.75) is 33.2 Å². The third-order valence-electron chi connectivity index (χ3n) is 2.14. The zero-order valence-corrected chi connectivity index (χ0v) is 8.62.